The van der Waals surface area contributed by atoms with Crippen LogP contribution in [-0.4, -0.2) is 15.0 Å². The maximum absolute atomic E-state index is 11.4. The molecule has 2 aliphatic carbocycles. The van der Waals surface area contributed by atoms with E-state index < -0.39 is 9.24 Å². The molecule has 1 N–H and O–H groups in total. The van der Waals surface area contributed by atoms with Crippen LogP contribution in [0.15, 0.2) is 18.2 Å². The van der Waals surface area contributed by atoms with Crippen molar-refractivity contribution in [2.45, 2.75) is 71.1 Å². The van der Waals surface area contributed by atoms with Gasteiger partial charge >= 0.3 is 0 Å². The standard InChI is InChI=1S/C20H30ClNO2S/c1-14(2)15-6-8-17-16(12-15)7-9-18-19(3,13-22-25(21,23)24)10-5-11-20(17,18)4/h6,8,12,14,18,22H,5,7,9-11,13H2,1-4H3/t18-,19+,20+/m0/s1. The zero-order valence-corrected chi connectivity index (χ0v) is 17.3. The van der Waals surface area contributed by atoms with Gasteiger partial charge in [-0.05, 0) is 65.0 Å². The number of halogens is 1. The van der Waals surface area contributed by atoms with Crippen molar-refractivity contribution in [3.05, 3.63) is 34.9 Å². The Morgan fingerprint density at radius 2 is 2.00 bits per heavy atom. The molecule has 140 valence electrons. The van der Waals surface area contributed by atoms with Gasteiger partial charge in [0.05, 0.1) is 0 Å². The Hall–Kier alpha value is -0.580. The predicted octanol–water partition coefficient (Wildman–Crippen LogP) is 4.89. The number of nitrogens with one attached hydrogen (secondary N) is 1. The van der Waals surface area contributed by atoms with Gasteiger partial charge in [0.2, 0.25) is 0 Å². The first-order valence-corrected chi connectivity index (χ1v) is 11.7. The van der Waals surface area contributed by atoms with Gasteiger partial charge in [0, 0.05) is 17.2 Å². The minimum Gasteiger partial charge on any atom is -0.201 e. The highest BCUT2D eigenvalue weighted by molar-refractivity contribution is 8.12. The summed E-state index contributed by atoms with van der Waals surface area (Å²) in [6, 6.07) is 7.02. The van der Waals surface area contributed by atoms with Crippen molar-refractivity contribution in [3.63, 3.8) is 0 Å². The summed E-state index contributed by atoms with van der Waals surface area (Å²) in [6.45, 7) is 9.53. The van der Waals surface area contributed by atoms with E-state index in [1.54, 1.807) is 0 Å². The maximum atomic E-state index is 11.4. The van der Waals surface area contributed by atoms with Gasteiger partial charge in [-0.1, -0.05) is 52.3 Å². The fourth-order valence-corrected chi connectivity index (χ4v) is 6.13. The van der Waals surface area contributed by atoms with Crippen molar-refractivity contribution < 1.29 is 8.42 Å². The summed E-state index contributed by atoms with van der Waals surface area (Å²) in [7, 11) is 1.74. The highest BCUT2D eigenvalue weighted by Crippen LogP contribution is 2.57. The Morgan fingerprint density at radius 3 is 2.64 bits per heavy atom. The Balaban J connectivity index is 1.95. The maximum Gasteiger partial charge on any atom is 0.297 e. The smallest absolute Gasteiger partial charge is 0.201 e. The summed E-state index contributed by atoms with van der Waals surface area (Å²) in [6.07, 6.45) is 5.55. The molecule has 0 radical (unpaired) electrons. The van der Waals surface area contributed by atoms with Crippen LogP contribution < -0.4 is 4.72 Å². The van der Waals surface area contributed by atoms with Gasteiger partial charge in [-0.3, -0.25) is 0 Å². The molecule has 2 aliphatic rings. The van der Waals surface area contributed by atoms with Gasteiger partial charge in [-0.15, -0.1) is 0 Å². The molecule has 25 heavy (non-hydrogen) atoms. The SMILES string of the molecule is CC(C)c1ccc2c(c1)CC[C@H]1[C@@](C)(CNS(=O)(=O)Cl)CCC[C@]21C. The van der Waals surface area contributed by atoms with Crippen LogP contribution in [0.4, 0.5) is 0 Å². The quantitative estimate of drug-likeness (QED) is 0.752. The van der Waals surface area contributed by atoms with E-state index >= 15 is 0 Å². The highest BCUT2D eigenvalue weighted by atomic mass is 35.7. The molecule has 1 fully saturated rings. The van der Waals surface area contributed by atoms with Crippen LogP contribution in [0.2, 0.25) is 0 Å². The molecule has 0 unspecified atom stereocenters. The van der Waals surface area contributed by atoms with E-state index in [-0.39, 0.29) is 10.8 Å². The van der Waals surface area contributed by atoms with Crippen molar-refractivity contribution in [3.8, 4) is 0 Å². The Bertz CT molecular complexity index is 761. The molecule has 0 bridgehead atoms. The molecular weight excluding hydrogens is 354 g/mol. The molecule has 0 aromatic heterocycles. The first-order valence-electron chi connectivity index (χ1n) is 9.38. The van der Waals surface area contributed by atoms with Crippen molar-refractivity contribution in [1.29, 1.82) is 0 Å². The normalized spacial score (nSPS) is 32.3. The summed E-state index contributed by atoms with van der Waals surface area (Å²) < 4.78 is 25.4. The third kappa shape index (κ3) is 3.63. The first kappa shape index (κ1) is 19.2. The van der Waals surface area contributed by atoms with Crippen molar-refractivity contribution in [2.24, 2.45) is 11.3 Å². The minimum atomic E-state index is -3.67. The van der Waals surface area contributed by atoms with Gasteiger partial charge < -0.3 is 0 Å². The Morgan fingerprint density at radius 1 is 1.28 bits per heavy atom. The van der Waals surface area contributed by atoms with Gasteiger partial charge in [-0.2, -0.15) is 8.42 Å². The van der Waals surface area contributed by atoms with Crippen molar-refractivity contribution in [2.75, 3.05) is 6.54 Å². The number of rotatable bonds is 4. The number of benzene rings is 1. The van der Waals surface area contributed by atoms with E-state index in [4.69, 9.17) is 10.7 Å². The molecule has 3 rings (SSSR count). The second-order valence-corrected chi connectivity index (χ2v) is 11.2. The number of hydrogen-bond acceptors (Lipinski definition) is 2. The average molecular weight is 384 g/mol. The lowest BCUT2D eigenvalue weighted by molar-refractivity contribution is 0.0300. The van der Waals surface area contributed by atoms with E-state index in [0.717, 1.165) is 25.7 Å². The van der Waals surface area contributed by atoms with E-state index in [0.29, 0.717) is 18.4 Å². The molecule has 0 amide bonds. The summed E-state index contributed by atoms with van der Waals surface area (Å²) in [5.41, 5.74) is 4.45. The summed E-state index contributed by atoms with van der Waals surface area (Å²) in [4.78, 5) is 0. The molecule has 1 saturated carbocycles. The molecule has 3 nitrogen and oxygen atoms in total. The van der Waals surface area contributed by atoms with Crippen LogP contribution in [0.1, 0.15) is 76.0 Å². The monoisotopic (exact) mass is 383 g/mol. The molecular formula is C20H30ClNO2S. The van der Waals surface area contributed by atoms with Crippen molar-refractivity contribution in [1.82, 2.24) is 4.72 Å². The molecule has 0 heterocycles. The fraction of sp³-hybridized carbons (Fsp3) is 0.700. The lowest BCUT2D eigenvalue weighted by atomic mass is 9.50. The van der Waals surface area contributed by atoms with Gasteiger partial charge in [0.25, 0.3) is 9.24 Å². The second kappa shape index (κ2) is 6.54. The lowest BCUT2D eigenvalue weighted by Crippen LogP contribution is -2.52. The van der Waals surface area contributed by atoms with Crippen LogP contribution in [0, 0.1) is 11.3 Å². The molecule has 1 aromatic carbocycles. The molecule has 0 aliphatic heterocycles. The summed E-state index contributed by atoms with van der Waals surface area (Å²) in [5.74, 6) is 1.02. The Kier molecular flexibility index (Phi) is 5.02. The fourth-order valence-electron chi connectivity index (χ4n) is 5.47. The lowest BCUT2D eigenvalue weighted by Gasteiger charge is -2.55. The molecule has 0 saturated heterocycles. The molecule has 1 aromatic rings. The third-order valence-electron chi connectivity index (χ3n) is 6.82. The van der Waals surface area contributed by atoms with Crippen LogP contribution in [0.3, 0.4) is 0 Å². The minimum absolute atomic E-state index is 0.0522. The zero-order chi connectivity index (χ0) is 18.5. The zero-order valence-electron chi connectivity index (χ0n) is 15.7. The van der Waals surface area contributed by atoms with Crippen LogP contribution in [0.25, 0.3) is 0 Å². The van der Waals surface area contributed by atoms with E-state index in [2.05, 4.69) is 50.6 Å². The predicted molar refractivity (Wildman–Crippen MR) is 104 cm³/mol. The highest BCUT2D eigenvalue weighted by Gasteiger charge is 2.51. The second-order valence-electron chi connectivity index (χ2n) is 8.85. The van der Waals surface area contributed by atoms with Crippen LogP contribution >= 0.6 is 10.7 Å². The Labute approximate surface area is 157 Å². The largest absolute Gasteiger partial charge is 0.297 e. The summed E-state index contributed by atoms with van der Waals surface area (Å²) >= 11 is 0. The number of hydrogen-bond donors (Lipinski definition) is 1. The van der Waals surface area contributed by atoms with Gasteiger partial charge in [-0.25, -0.2) is 4.72 Å². The number of aryl methyl sites for hydroxylation is 1. The van der Waals surface area contributed by atoms with Crippen LogP contribution in [-0.2, 0) is 21.1 Å². The van der Waals surface area contributed by atoms with Gasteiger partial charge in [0.1, 0.15) is 0 Å². The van der Waals surface area contributed by atoms with Gasteiger partial charge in [0.15, 0.2) is 0 Å². The average Bonchev–Trinajstić information content (AvgIpc) is 2.52. The van der Waals surface area contributed by atoms with Crippen molar-refractivity contribution >= 4 is 19.9 Å². The third-order valence-corrected chi connectivity index (χ3v) is 7.63. The first-order chi connectivity index (χ1) is 11.6. The van der Waals surface area contributed by atoms with Crippen LogP contribution in [0.5, 0.6) is 0 Å². The molecule has 3 atom stereocenters. The summed E-state index contributed by atoms with van der Waals surface area (Å²) in [5, 5.41) is 0. The van der Waals surface area contributed by atoms with E-state index in [1.165, 1.54) is 23.1 Å². The number of fused-ring (bicyclic) bond motifs is 3. The van der Waals surface area contributed by atoms with E-state index in [1.807, 2.05) is 0 Å². The van der Waals surface area contributed by atoms with E-state index in [9.17, 15) is 8.42 Å². The topological polar surface area (TPSA) is 46.2 Å². The molecule has 5 heteroatoms. The molecule has 0 spiro atoms.